The van der Waals surface area contributed by atoms with Crippen LogP contribution in [-0.4, -0.2) is 33.4 Å². The number of amides is 1. The third-order valence-electron chi connectivity index (χ3n) is 3.24. The smallest absolute Gasteiger partial charge is 0.236 e. The first kappa shape index (κ1) is 19.4. The number of aromatic nitrogens is 3. The van der Waals surface area contributed by atoms with E-state index >= 15 is 0 Å². The zero-order chi connectivity index (χ0) is 18.4. The maximum absolute atomic E-state index is 11.6. The minimum Gasteiger partial charge on any atom is -0.440 e. The summed E-state index contributed by atoms with van der Waals surface area (Å²) in [5.74, 6) is 2.57. The van der Waals surface area contributed by atoms with Crippen molar-refractivity contribution in [2.45, 2.75) is 34.7 Å². The SMILES string of the molecule is CCCNC(=O)CSc1nnc(SCc2nc(-c3cccs3)oc2C)s1. The molecule has 3 heterocycles. The largest absolute Gasteiger partial charge is 0.440 e. The molecule has 0 aliphatic carbocycles. The molecule has 0 radical (unpaired) electrons. The van der Waals surface area contributed by atoms with Crippen molar-refractivity contribution in [3.8, 4) is 10.8 Å². The average molecular weight is 427 g/mol. The molecule has 0 saturated heterocycles. The van der Waals surface area contributed by atoms with Gasteiger partial charge in [0.05, 0.1) is 16.3 Å². The topological polar surface area (TPSA) is 80.9 Å². The molecular formula is C16H18N4O2S4. The monoisotopic (exact) mass is 426 g/mol. The molecular weight excluding hydrogens is 408 g/mol. The molecule has 6 nitrogen and oxygen atoms in total. The van der Waals surface area contributed by atoms with Crippen LogP contribution in [0, 0.1) is 6.92 Å². The van der Waals surface area contributed by atoms with Crippen LogP contribution >= 0.6 is 46.2 Å². The normalized spacial score (nSPS) is 11.0. The highest BCUT2D eigenvalue weighted by Gasteiger charge is 2.14. The van der Waals surface area contributed by atoms with Crippen molar-refractivity contribution in [2.24, 2.45) is 0 Å². The van der Waals surface area contributed by atoms with Gasteiger partial charge in [-0.2, -0.15) is 0 Å². The van der Waals surface area contributed by atoms with Crippen LogP contribution in [-0.2, 0) is 10.5 Å². The number of thiophene rings is 1. The van der Waals surface area contributed by atoms with Crippen LogP contribution in [0.15, 0.2) is 30.6 Å². The van der Waals surface area contributed by atoms with Crippen LogP contribution in [0.25, 0.3) is 10.8 Å². The Labute approximate surface area is 168 Å². The van der Waals surface area contributed by atoms with E-state index in [1.165, 1.54) is 23.1 Å². The van der Waals surface area contributed by atoms with E-state index in [0.717, 1.165) is 31.4 Å². The summed E-state index contributed by atoms with van der Waals surface area (Å²) < 4.78 is 7.42. The number of hydrogen-bond donors (Lipinski definition) is 1. The molecule has 0 aliphatic rings. The second-order valence-electron chi connectivity index (χ2n) is 5.26. The van der Waals surface area contributed by atoms with Gasteiger partial charge in [-0.1, -0.05) is 47.9 Å². The number of carbonyl (C=O) groups excluding carboxylic acids is 1. The lowest BCUT2D eigenvalue weighted by atomic mass is 10.4. The number of nitrogens with one attached hydrogen (secondary N) is 1. The number of aryl methyl sites for hydroxylation is 1. The van der Waals surface area contributed by atoms with Gasteiger partial charge in [-0.3, -0.25) is 4.79 Å². The van der Waals surface area contributed by atoms with Crippen LogP contribution < -0.4 is 5.32 Å². The highest BCUT2D eigenvalue weighted by atomic mass is 32.2. The fraction of sp³-hybridized carbons (Fsp3) is 0.375. The summed E-state index contributed by atoms with van der Waals surface area (Å²) in [7, 11) is 0. The summed E-state index contributed by atoms with van der Waals surface area (Å²) in [6.45, 7) is 4.67. The quantitative estimate of drug-likeness (QED) is 0.505. The lowest BCUT2D eigenvalue weighted by Gasteiger charge is -2.00. The maximum atomic E-state index is 11.6. The first-order valence-electron chi connectivity index (χ1n) is 8.01. The predicted octanol–water partition coefficient (Wildman–Crippen LogP) is 4.47. The summed E-state index contributed by atoms with van der Waals surface area (Å²) in [6.07, 6.45) is 0.936. The van der Waals surface area contributed by atoms with Gasteiger partial charge in [-0.15, -0.1) is 21.5 Å². The summed E-state index contributed by atoms with van der Waals surface area (Å²) in [5.41, 5.74) is 0.918. The van der Waals surface area contributed by atoms with E-state index in [1.807, 2.05) is 31.4 Å². The van der Waals surface area contributed by atoms with Crippen molar-refractivity contribution in [3.05, 3.63) is 29.0 Å². The van der Waals surface area contributed by atoms with Crippen molar-refractivity contribution < 1.29 is 9.21 Å². The van der Waals surface area contributed by atoms with E-state index < -0.39 is 0 Å². The second kappa shape index (κ2) is 9.54. The lowest BCUT2D eigenvalue weighted by molar-refractivity contribution is -0.118. The van der Waals surface area contributed by atoms with Crippen LogP contribution in [0.2, 0.25) is 0 Å². The van der Waals surface area contributed by atoms with E-state index in [-0.39, 0.29) is 5.91 Å². The zero-order valence-corrected chi connectivity index (χ0v) is 17.6. The molecule has 10 heteroatoms. The number of carbonyl (C=O) groups is 1. The van der Waals surface area contributed by atoms with Gasteiger partial charge in [0, 0.05) is 12.3 Å². The van der Waals surface area contributed by atoms with Gasteiger partial charge in [0.1, 0.15) is 5.76 Å². The first-order chi connectivity index (χ1) is 12.7. The Morgan fingerprint density at radius 2 is 2.12 bits per heavy atom. The molecule has 0 spiro atoms. The van der Waals surface area contributed by atoms with Crippen LogP contribution in [0.1, 0.15) is 24.8 Å². The molecule has 0 atom stereocenters. The van der Waals surface area contributed by atoms with Gasteiger partial charge in [-0.25, -0.2) is 4.98 Å². The van der Waals surface area contributed by atoms with E-state index in [1.54, 1.807) is 23.1 Å². The summed E-state index contributed by atoms with van der Waals surface area (Å²) in [4.78, 5) is 17.2. The van der Waals surface area contributed by atoms with Crippen molar-refractivity contribution in [3.63, 3.8) is 0 Å². The van der Waals surface area contributed by atoms with Crippen molar-refractivity contribution in [2.75, 3.05) is 12.3 Å². The molecule has 1 N–H and O–H groups in total. The molecule has 0 saturated carbocycles. The molecule has 26 heavy (non-hydrogen) atoms. The Hall–Kier alpha value is -1.36. The average Bonchev–Trinajstić information content (AvgIpc) is 3.37. The standard InChI is InChI=1S/C16H18N4O2S4/c1-3-6-17-13(21)9-25-16-20-19-15(26-16)24-8-11-10(2)22-14(18-11)12-5-4-7-23-12/h4-5,7H,3,6,8-9H2,1-2H3,(H,17,21). The van der Waals surface area contributed by atoms with Crippen molar-refractivity contribution in [1.29, 1.82) is 0 Å². The van der Waals surface area contributed by atoms with E-state index in [0.29, 0.717) is 23.9 Å². The predicted molar refractivity (Wildman–Crippen MR) is 108 cm³/mol. The summed E-state index contributed by atoms with van der Waals surface area (Å²) >= 11 is 6.10. The molecule has 0 fully saturated rings. The van der Waals surface area contributed by atoms with Crippen LogP contribution in [0.3, 0.4) is 0 Å². The van der Waals surface area contributed by atoms with Gasteiger partial charge in [0.15, 0.2) is 8.68 Å². The lowest BCUT2D eigenvalue weighted by Crippen LogP contribution is -2.25. The van der Waals surface area contributed by atoms with Crippen LogP contribution in [0.4, 0.5) is 0 Å². The fourth-order valence-corrected chi connectivity index (χ4v) is 5.45. The number of oxazole rings is 1. The Bertz CT molecular complexity index is 844. The molecule has 3 aromatic heterocycles. The first-order valence-corrected chi connectivity index (χ1v) is 11.7. The minimum absolute atomic E-state index is 0.0283. The Kier molecular flexibility index (Phi) is 7.12. The number of hydrogen-bond acceptors (Lipinski definition) is 9. The van der Waals surface area contributed by atoms with Gasteiger partial charge >= 0.3 is 0 Å². The Morgan fingerprint density at radius 1 is 1.31 bits per heavy atom. The summed E-state index contributed by atoms with van der Waals surface area (Å²) in [5, 5.41) is 13.2. The summed E-state index contributed by atoms with van der Waals surface area (Å²) in [6, 6.07) is 3.98. The van der Waals surface area contributed by atoms with Gasteiger partial charge in [0.2, 0.25) is 11.8 Å². The Balaban J connectivity index is 1.51. The maximum Gasteiger partial charge on any atom is 0.236 e. The molecule has 0 bridgehead atoms. The van der Waals surface area contributed by atoms with E-state index in [4.69, 9.17) is 4.42 Å². The molecule has 1 amide bonds. The number of nitrogens with zero attached hydrogens (tertiary/aromatic N) is 3. The van der Waals surface area contributed by atoms with Crippen molar-refractivity contribution in [1.82, 2.24) is 20.5 Å². The number of rotatable bonds is 9. The highest BCUT2D eigenvalue weighted by Crippen LogP contribution is 2.32. The Morgan fingerprint density at radius 3 is 2.85 bits per heavy atom. The number of thioether (sulfide) groups is 2. The molecule has 0 unspecified atom stereocenters. The van der Waals surface area contributed by atoms with Gasteiger partial charge < -0.3 is 9.73 Å². The van der Waals surface area contributed by atoms with E-state index in [2.05, 4.69) is 20.5 Å². The third-order valence-corrected chi connectivity index (χ3v) is 7.30. The highest BCUT2D eigenvalue weighted by molar-refractivity contribution is 8.03. The van der Waals surface area contributed by atoms with Crippen molar-refractivity contribution >= 4 is 52.1 Å². The zero-order valence-electron chi connectivity index (χ0n) is 14.4. The van der Waals surface area contributed by atoms with Crippen LogP contribution in [0.5, 0.6) is 0 Å². The van der Waals surface area contributed by atoms with Gasteiger partial charge in [0.25, 0.3) is 0 Å². The molecule has 3 rings (SSSR count). The molecule has 138 valence electrons. The fourth-order valence-electron chi connectivity index (χ4n) is 1.95. The third kappa shape index (κ3) is 5.32. The van der Waals surface area contributed by atoms with Gasteiger partial charge in [-0.05, 0) is 24.8 Å². The minimum atomic E-state index is 0.0283. The molecule has 0 aromatic carbocycles. The van der Waals surface area contributed by atoms with E-state index in [9.17, 15) is 4.79 Å². The second-order valence-corrected chi connectivity index (χ2v) is 9.63. The molecule has 3 aromatic rings. The molecule has 0 aliphatic heterocycles.